The van der Waals surface area contributed by atoms with Crippen LogP contribution in [0.2, 0.25) is 0 Å². The van der Waals surface area contributed by atoms with Crippen molar-refractivity contribution in [3.05, 3.63) is 35.4 Å². The smallest absolute Gasteiger partial charge is 0.368 e. The molecule has 2 rings (SSSR count). The van der Waals surface area contributed by atoms with E-state index in [0.29, 0.717) is 6.07 Å². The number of nitrogens with two attached hydrogens (primary N) is 1. The maximum Gasteiger partial charge on any atom is 0.417 e. The lowest BCUT2D eigenvalue weighted by Gasteiger charge is -2.12. The minimum absolute atomic E-state index is 0.181. The van der Waals surface area contributed by atoms with E-state index < -0.39 is 17.6 Å². The van der Waals surface area contributed by atoms with Gasteiger partial charge in [0.1, 0.15) is 11.6 Å². The van der Waals surface area contributed by atoms with E-state index >= 15 is 0 Å². The minimum atomic E-state index is -4.72. The number of nitrogens with zero attached hydrogens (tertiary/aromatic N) is 3. The van der Waals surface area contributed by atoms with Crippen LogP contribution in [0.4, 0.5) is 23.5 Å². The van der Waals surface area contributed by atoms with Gasteiger partial charge in [-0.1, -0.05) is 0 Å². The summed E-state index contributed by atoms with van der Waals surface area (Å²) in [6.07, 6.45) is -4.72. The summed E-state index contributed by atoms with van der Waals surface area (Å²) in [5.41, 5.74) is 3.87. The molecule has 8 heteroatoms. The molecule has 1 aromatic heterocycles. The summed E-state index contributed by atoms with van der Waals surface area (Å²) in [7, 11) is 0. The van der Waals surface area contributed by atoms with Gasteiger partial charge < -0.3 is 5.73 Å². The fraction of sp³-hybridized carbons (Fsp3) is 0.182. The average Bonchev–Trinajstić information content (AvgIpc) is 2.26. The topological polar surface area (TPSA) is 64.7 Å². The van der Waals surface area contributed by atoms with Crippen molar-refractivity contribution >= 4 is 5.95 Å². The number of aryl methyl sites for hydroxylation is 1. The molecule has 2 aromatic rings. The zero-order chi connectivity index (χ0) is 14.2. The summed E-state index contributed by atoms with van der Waals surface area (Å²) >= 11 is 0. The molecule has 100 valence electrons. The lowest BCUT2D eigenvalue weighted by Crippen LogP contribution is -2.10. The van der Waals surface area contributed by atoms with E-state index in [1.807, 2.05) is 0 Å². The van der Waals surface area contributed by atoms with Gasteiger partial charge in [0.2, 0.25) is 5.95 Å². The number of benzene rings is 1. The summed E-state index contributed by atoms with van der Waals surface area (Å²) in [4.78, 5) is 11.1. The first-order chi connectivity index (χ1) is 8.77. The highest BCUT2D eigenvalue weighted by atomic mass is 19.4. The van der Waals surface area contributed by atoms with E-state index in [2.05, 4.69) is 15.0 Å². The van der Waals surface area contributed by atoms with Crippen molar-refractivity contribution < 1.29 is 17.6 Å². The van der Waals surface area contributed by atoms with E-state index in [0.717, 1.165) is 12.1 Å². The van der Waals surface area contributed by atoms with Crippen LogP contribution in [0.5, 0.6) is 0 Å². The number of alkyl halides is 3. The second kappa shape index (κ2) is 4.45. The molecule has 2 N–H and O–H groups in total. The Morgan fingerprint density at radius 1 is 1.11 bits per heavy atom. The van der Waals surface area contributed by atoms with Gasteiger partial charge in [-0.05, 0) is 25.1 Å². The van der Waals surface area contributed by atoms with Gasteiger partial charge in [0.25, 0.3) is 0 Å². The molecule has 4 nitrogen and oxygen atoms in total. The summed E-state index contributed by atoms with van der Waals surface area (Å²) < 4.78 is 51.5. The number of nitrogen functional groups attached to an aromatic ring is 1. The molecule has 0 bridgehead atoms. The molecule has 0 radical (unpaired) electrons. The molecule has 0 fully saturated rings. The molecule has 0 aliphatic rings. The largest absolute Gasteiger partial charge is 0.417 e. The van der Waals surface area contributed by atoms with Crippen LogP contribution in [-0.4, -0.2) is 15.0 Å². The van der Waals surface area contributed by atoms with E-state index in [1.54, 1.807) is 0 Å². The van der Waals surface area contributed by atoms with Crippen LogP contribution >= 0.6 is 0 Å². The molecule has 0 aliphatic heterocycles. The number of rotatable bonds is 1. The minimum Gasteiger partial charge on any atom is -0.368 e. The first-order valence-electron chi connectivity index (χ1n) is 5.12. The molecule has 0 spiro atoms. The van der Waals surface area contributed by atoms with Gasteiger partial charge in [-0.2, -0.15) is 23.1 Å². The molecular weight excluding hydrogens is 264 g/mol. The number of hydrogen-bond acceptors (Lipinski definition) is 4. The Balaban J connectivity index is 2.68. The molecule has 0 unspecified atom stereocenters. The normalized spacial score (nSPS) is 11.6. The summed E-state index contributed by atoms with van der Waals surface area (Å²) in [6, 6.07) is 2.26. The van der Waals surface area contributed by atoms with Crippen LogP contribution in [0.25, 0.3) is 11.4 Å². The third-order valence-electron chi connectivity index (χ3n) is 2.29. The van der Waals surface area contributed by atoms with Gasteiger partial charge in [0.05, 0.1) is 5.56 Å². The Morgan fingerprint density at radius 3 is 2.37 bits per heavy atom. The fourth-order valence-electron chi connectivity index (χ4n) is 1.57. The maximum atomic E-state index is 13.0. The van der Waals surface area contributed by atoms with Crippen LogP contribution < -0.4 is 5.73 Å². The van der Waals surface area contributed by atoms with Crippen molar-refractivity contribution in [2.24, 2.45) is 0 Å². The summed E-state index contributed by atoms with van der Waals surface area (Å²) in [6.45, 7) is 1.47. The monoisotopic (exact) mass is 272 g/mol. The first kappa shape index (κ1) is 13.2. The Morgan fingerprint density at radius 2 is 1.79 bits per heavy atom. The number of anilines is 1. The highest BCUT2D eigenvalue weighted by molar-refractivity contribution is 5.61. The summed E-state index contributed by atoms with van der Waals surface area (Å²) in [5, 5.41) is 0. The van der Waals surface area contributed by atoms with E-state index in [4.69, 9.17) is 5.73 Å². The van der Waals surface area contributed by atoms with Crippen molar-refractivity contribution in [1.82, 2.24) is 15.0 Å². The van der Waals surface area contributed by atoms with Gasteiger partial charge in [-0.25, -0.2) is 9.37 Å². The average molecular weight is 272 g/mol. The van der Waals surface area contributed by atoms with Gasteiger partial charge >= 0.3 is 6.18 Å². The van der Waals surface area contributed by atoms with Gasteiger partial charge in [-0.3, -0.25) is 0 Å². The molecule has 0 saturated heterocycles. The second-order valence-electron chi connectivity index (χ2n) is 3.75. The SMILES string of the molecule is Cc1nc(N)nc(-c2ccc(F)cc2C(F)(F)F)n1. The van der Waals surface area contributed by atoms with Crippen molar-refractivity contribution in [3.63, 3.8) is 0 Å². The van der Waals surface area contributed by atoms with Gasteiger partial charge in [0, 0.05) is 5.56 Å². The van der Waals surface area contributed by atoms with E-state index in [9.17, 15) is 17.6 Å². The molecule has 0 amide bonds. The third kappa shape index (κ3) is 2.78. The number of aromatic nitrogens is 3. The number of halogens is 4. The second-order valence-corrected chi connectivity index (χ2v) is 3.75. The van der Waals surface area contributed by atoms with Gasteiger partial charge in [-0.15, -0.1) is 0 Å². The fourth-order valence-corrected chi connectivity index (χ4v) is 1.57. The van der Waals surface area contributed by atoms with Crippen LogP contribution in [0.3, 0.4) is 0 Å². The summed E-state index contributed by atoms with van der Waals surface area (Å²) in [5.74, 6) is -1.24. The quantitative estimate of drug-likeness (QED) is 0.810. The van der Waals surface area contributed by atoms with Crippen molar-refractivity contribution in [2.45, 2.75) is 13.1 Å². The zero-order valence-electron chi connectivity index (χ0n) is 9.66. The highest BCUT2D eigenvalue weighted by Crippen LogP contribution is 2.36. The molecule has 1 aromatic carbocycles. The van der Waals surface area contributed by atoms with Gasteiger partial charge in [0.15, 0.2) is 5.82 Å². The van der Waals surface area contributed by atoms with Crippen molar-refractivity contribution in [1.29, 1.82) is 0 Å². The predicted octanol–water partition coefficient (Wildman–Crippen LogP) is 2.59. The van der Waals surface area contributed by atoms with E-state index in [-0.39, 0.29) is 23.2 Å². The molecule has 0 atom stereocenters. The number of hydrogen-bond donors (Lipinski definition) is 1. The Hall–Kier alpha value is -2.25. The highest BCUT2D eigenvalue weighted by Gasteiger charge is 2.35. The van der Waals surface area contributed by atoms with E-state index in [1.165, 1.54) is 6.92 Å². The predicted molar refractivity (Wildman–Crippen MR) is 59.4 cm³/mol. The first-order valence-corrected chi connectivity index (χ1v) is 5.12. The van der Waals surface area contributed by atoms with Crippen LogP contribution in [-0.2, 0) is 6.18 Å². The Kier molecular flexibility index (Phi) is 3.09. The molecule has 1 heterocycles. The Bertz CT molecular complexity index is 604. The molecule has 0 aliphatic carbocycles. The van der Waals surface area contributed by atoms with Crippen molar-refractivity contribution in [2.75, 3.05) is 5.73 Å². The van der Waals surface area contributed by atoms with Crippen LogP contribution in [0, 0.1) is 12.7 Å². The molecule has 0 saturated carbocycles. The van der Waals surface area contributed by atoms with Crippen molar-refractivity contribution in [3.8, 4) is 11.4 Å². The van der Waals surface area contributed by atoms with Crippen LogP contribution in [0.1, 0.15) is 11.4 Å². The maximum absolute atomic E-state index is 13.0. The molecule has 19 heavy (non-hydrogen) atoms. The lowest BCUT2D eigenvalue weighted by atomic mass is 10.1. The zero-order valence-corrected chi connectivity index (χ0v) is 9.66. The van der Waals surface area contributed by atoms with Crippen LogP contribution in [0.15, 0.2) is 18.2 Å². The Labute approximate surface area is 105 Å². The third-order valence-corrected chi connectivity index (χ3v) is 2.29. The standard InChI is InChI=1S/C11H8F4N4/c1-5-17-9(19-10(16)18-5)7-3-2-6(12)4-8(7)11(13,14)15/h2-4H,1H3,(H2,16,17,18,19). The molecular formula is C11H8F4N4. The lowest BCUT2D eigenvalue weighted by molar-refractivity contribution is -0.137.